The molecule has 2 N–H and O–H groups in total. The highest BCUT2D eigenvalue weighted by Gasteiger charge is 2.34. The Bertz CT molecular complexity index is 467. The maximum atomic E-state index is 11.8. The van der Waals surface area contributed by atoms with Crippen LogP contribution in [0.25, 0.3) is 0 Å². The third-order valence-electron chi connectivity index (χ3n) is 2.98. The minimum atomic E-state index is -0.457. The van der Waals surface area contributed by atoms with Gasteiger partial charge in [-0.15, -0.1) is 0 Å². The summed E-state index contributed by atoms with van der Waals surface area (Å²) >= 11 is 0. The zero-order valence-corrected chi connectivity index (χ0v) is 12.4. The molecule has 2 heterocycles. The van der Waals surface area contributed by atoms with Gasteiger partial charge in [0.25, 0.3) is 0 Å². The molecule has 1 amide bonds. The van der Waals surface area contributed by atoms with Gasteiger partial charge in [0.05, 0.1) is 12.8 Å². The van der Waals surface area contributed by atoms with E-state index in [1.165, 1.54) is 0 Å². The van der Waals surface area contributed by atoms with Crippen LogP contribution in [0.5, 0.6) is 5.88 Å². The summed E-state index contributed by atoms with van der Waals surface area (Å²) in [6.45, 7) is 7.38. The third kappa shape index (κ3) is 3.34. The highest BCUT2D eigenvalue weighted by Crippen LogP contribution is 2.23. The van der Waals surface area contributed by atoms with E-state index in [4.69, 9.17) is 15.2 Å². The van der Waals surface area contributed by atoms with E-state index < -0.39 is 5.60 Å². The van der Waals surface area contributed by atoms with Crippen molar-refractivity contribution in [3.05, 3.63) is 6.20 Å². The molecule has 0 aliphatic carbocycles. The molecule has 0 saturated carbocycles. The fourth-order valence-corrected chi connectivity index (χ4v) is 1.97. The second-order valence-corrected chi connectivity index (χ2v) is 6.09. The number of amides is 1. The smallest absolute Gasteiger partial charge is 0.410 e. The van der Waals surface area contributed by atoms with Crippen LogP contribution < -0.4 is 10.5 Å². The van der Waals surface area contributed by atoms with Crippen LogP contribution in [0.3, 0.4) is 0 Å². The summed E-state index contributed by atoms with van der Waals surface area (Å²) in [7, 11) is 1.78. The third-order valence-corrected chi connectivity index (χ3v) is 2.98. The number of likely N-dealkylation sites (tertiary alicyclic amines) is 1. The van der Waals surface area contributed by atoms with Crippen LogP contribution >= 0.6 is 0 Å². The highest BCUT2D eigenvalue weighted by atomic mass is 16.6. The molecule has 1 fully saturated rings. The predicted molar refractivity (Wildman–Crippen MR) is 74.4 cm³/mol. The number of nitrogens with zero attached hydrogens (tertiary/aromatic N) is 3. The Balaban J connectivity index is 1.73. The van der Waals surface area contributed by atoms with Gasteiger partial charge in [0.2, 0.25) is 5.88 Å². The van der Waals surface area contributed by atoms with E-state index in [-0.39, 0.29) is 6.09 Å². The molecular formula is C13H22N4O3. The largest absolute Gasteiger partial charge is 0.476 e. The number of anilines is 1. The molecule has 7 heteroatoms. The van der Waals surface area contributed by atoms with Crippen LogP contribution in [0.1, 0.15) is 20.8 Å². The van der Waals surface area contributed by atoms with E-state index in [1.807, 2.05) is 20.8 Å². The Morgan fingerprint density at radius 1 is 1.50 bits per heavy atom. The van der Waals surface area contributed by atoms with Crippen LogP contribution in [0.4, 0.5) is 10.5 Å². The van der Waals surface area contributed by atoms with E-state index in [0.717, 1.165) is 0 Å². The topological polar surface area (TPSA) is 82.6 Å². The summed E-state index contributed by atoms with van der Waals surface area (Å²) in [5.74, 6) is 0.873. The Morgan fingerprint density at radius 3 is 2.65 bits per heavy atom. The molecule has 2 rings (SSSR count). The zero-order chi connectivity index (χ0) is 14.9. The average Bonchev–Trinajstić information content (AvgIpc) is 2.55. The minimum Gasteiger partial charge on any atom is -0.476 e. The first-order chi connectivity index (χ1) is 9.26. The number of hydrogen-bond acceptors (Lipinski definition) is 5. The van der Waals surface area contributed by atoms with Gasteiger partial charge in [0.15, 0.2) is 0 Å². The first kappa shape index (κ1) is 14.5. The fraction of sp³-hybridized carbons (Fsp3) is 0.692. The lowest BCUT2D eigenvalue weighted by Crippen LogP contribution is -2.53. The molecule has 0 unspecified atom stereocenters. The molecule has 0 spiro atoms. The Morgan fingerprint density at radius 2 is 2.15 bits per heavy atom. The number of carbonyl (C=O) groups is 1. The Hall–Kier alpha value is -1.92. The molecule has 1 aliphatic rings. The standard InChI is InChI=1S/C13H22N4O3/c1-13(2,3)20-12(18)17-6-9(7-17)8-19-11-10(14)5-15-16(11)4/h5,9H,6-8,14H2,1-4H3. The molecule has 0 aromatic carbocycles. The van der Waals surface area contributed by atoms with Gasteiger partial charge < -0.3 is 20.1 Å². The number of nitrogens with two attached hydrogens (primary N) is 1. The molecule has 0 radical (unpaired) electrons. The van der Waals surface area contributed by atoms with Crippen molar-refractivity contribution in [1.29, 1.82) is 0 Å². The van der Waals surface area contributed by atoms with Crippen LogP contribution in [-0.2, 0) is 11.8 Å². The van der Waals surface area contributed by atoms with E-state index in [1.54, 1.807) is 22.8 Å². The van der Waals surface area contributed by atoms with Crippen molar-refractivity contribution in [2.75, 3.05) is 25.4 Å². The molecule has 1 aromatic heterocycles. The molecule has 112 valence electrons. The lowest BCUT2D eigenvalue weighted by Gasteiger charge is -2.39. The fourth-order valence-electron chi connectivity index (χ4n) is 1.97. The quantitative estimate of drug-likeness (QED) is 0.902. The van der Waals surface area contributed by atoms with Gasteiger partial charge in [-0.2, -0.15) is 5.10 Å². The van der Waals surface area contributed by atoms with E-state index in [2.05, 4.69) is 5.10 Å². The second kappa shape index (κ2) is 5.22. The molecule has 1 saturated heterocycles. The van der Waals surface area contributed by atoms with Crippen molar-refractivity contribution in [1.82, 2.24) is 14.7 Å². The van der Waals surface area contributed by atoms with Gasteiger partial charge in [0.1, 0.15) is 11.3 Å². The lowest BCUT2D eigenvalue weighted by molar-refractivity contribution is -0.00828. The summed E-state index contributed by atoms with van der Waals surface area (Å²) < 4.78 is 12.5. The van der Waals surface area contributed by atoms with Crippen molar-refractivity contribution in [2.24, 2.45) is 13.0 Å². The molecule has 0 atom stereocenters. The van der Waals surface area contributed by atoms with Gasteiger partial charge in [0, 0.05) is 26.1 Å². The summed E-state index contributed by atoms with van der Waals surface area (Å²) in [5.41, 5.74) is 5.81. The molecular weight excluding hydrogens is 260 g/mol. The van der Waals surface area contributed by atoms with Crippen molar-refractivity contribution in [3.63, 3.8) is 0 Å². The van der Waals surface area contributed by atoms with E-state index >= 15 is 0 Å². The lowest BCUT2D eigenvalue weighted by atomic mass is 10.0. The van der Waals surface area contributed by atoms with E-state index in [0.29, 0.717) is 37.2 Å². The van der Waals surface area contributed by atoms with Gasteiger partial charge in [-0.3, -0.25) is 0 Å². The number of ether oxygens (including phenoxy) is 2. The maximum Gasteiger partial charge on any atom is 0.410 e. The first-order valence-corrected chi connectivity index (χ1v) is 6.64. The van der Waals surface area contributed by atoms with Crippen LogP contribution in [0, 0.1) is 5.92 Å². The van der Waals surface area contributed by atoms with Crippen molar-refractivity contribution in [2.45, 2.75) is 26.4 Å². The average molecular weight is 282 g/mol. The minimum absolute atomic E-state index is 0.270. The Labute approximate surface area is 118 Å². The van der Waals surface area contributed by atoms with E-state index in [9.17, 15) is 4.79 Å². The molecule has 1 aromatic rings. The van der Waals surface area contributed by atoms with Crippen LogP contribution in [-0.4, -0.2) is 46.1 Å². The zero-order valence-electron chi connectivity index (χ0n) is 12.4. The normalized spacial score (nSPS) is 15.9. The molecule has 1 aliphatic heterocycles. The number of rotatable bonds is 3. The number of aromatic nitrogens is 2. The summed E-state index contributed by atoms with van der Waals surface area (Å²) in [6.07, 6.45) is 1.29. The molecule has 0 bridgehead atoms. The summed E-state index contributed by atoms with van der Waals surface area (Å²) in [6, 6.07) is 0. The monoisotopic (exact) mass is 282 g/mol. The SMILES string of the molecule is Cn1ncc(N)c1OCC1CN(C(=O)OC(C)(C)C)C1. The second-order valence-electron chi connectivity index (χ2n) is 6.09. The molecule has 20 heavy (non-hydrogen) atoms. The number of carbonyl (C=O) groups excluding carboxylic acids is 1. The maximum absolute atomic E-state index is 11.8. The van der Waals surface area contributed by atoms with Crippen LogP contribution in [0.15, 0.2) is 6.20 Å². The summed E-state index contributed by atoms with van der Waals surface area (Å²) in [5, 5.41) is 4.00. The summed E-state index contributed by atoms with van der Waals surface area (Å²) in [4.78, 5) is 13.4. The molecule has 7 nitrogen and oxygen atoms in total. The van der Waals surface area contributed by atoms with Crippen LogP contribution in [0.2, 0.25) is 0 Å². The number of aryl methyl sites for hydroxylation is 1. The van der Waals surface area contributed by atoms with Crippen molar-refractivity contribution >= 4 is 11.8 Å². The number of hydrogen-bond donors (Lipinski definition) is 1. The highest BCUT2D eigenvalue weighted by molar-refractivity contribution is 5.69. The van der Waals surface area contributed by atoms with Gasteiger partial charge in [-0.05, 0) is 20.8 Å². The predicted octanol–water partition coefficient (Wildman–Crippen LogP) is 1.25. The number of nitrogen functional groups attached to an aromatic ring is 1. The van der Waals surface area contributed by atoms with Gasteiger partial charge >= 0.3 is 6.09 Å². The van der Waals surface area contributed by atoms with Gasteiger partial charge in [-0.1, -0.05) is 0 Å². The van der Waals surface area contributed by atoms with Crippen molar-refractivity contribution in [3.8, 4) is 5.88 Å². The van der Waals surface area contributed by atoms with Gasteiger partial charge in [-0.25, -0.2) is 9.48 Å². The van der Waals surface area contributed by atoms with Crippen molar-refractivity contribution < 1.29 is 14.3 Å². The first-order valence-electron chi connectivity index (χ1n) is 6.64. The Kier molecular flexibility index (Phi) is 3.78.